The van der Waals surface area contributed by atoms with E-state index >= 15 is 0 Å². The Bertz CT molecular complexity index is 512. The summed E-state index contributed by atoms with van der Waals surface area (Å²) in [4.78, 5) is 17.4. The molecule has 2 heterocycles. The maximum absolute atomic E-state index is 10.7. The molecule has 0 amide bonds. The zero-order valence-corrected chi connectivity index (χ0v) is 9.01. The van der Waals surface area contributed by atoms with Crippen molar-refractivity contribution in [3.8, 4) is 11.4 Å². The van der Waals surface area contributed by atoms with Gasteiger partial charge >= 0.3 is 5.97 Å². The second-order valence-electron chi connectivity index (χ2n) is 3.75. The van der Waals surface area contributed by atoms with E-state index in [1.165, 1.54) is 6.20 Å². The molecule has 0 aromatic carbocycles. The van der Waals surface area contributed by atoms with Gasteiger partial charge in [-0.05, 0) is 13.8 Å². The molecule has 2 N–H and O–H groups in total. The molecule has 2 aromatic heterocycles. The Morgan fingerprint density at radius 1 is 1.50 bits per heavy atom. The number of nitrogens with one attached hydrogen (secondary N) is 1. The Morgan fingerprint density at radius 2 is 2.25 bits per heavy atom. The van der Waals surface area contributed by atoms with Crippen LogP contribution in [0.4, 0.5) is 0 Å². The van der Waals surface area contributed by atoms with Gasteiger partial charge in [0.15, 0.2) is 0 Å². The molecular formula is C10H12N4O2. The zero-order valence-electron chi connectivity index (χ0n) is 9.01. The van der Waals surface area contributed by atoms with E-state index in [4.69, 9.17) is 5.11 Å². The van der Waals surface area contributed by atoms with E-state index in [1.807, 2.05) is 20.0 Å². The monoisotopic (exact) mass is 220 g/mol. The lowest BCUT2D eigenvalue weighted by Crippen LogP contribution is -1.99. The minimum Gasteiger partial charge on any atom is -0.477 e. The van der Waals surface area contributed by atoms with Crippen molar-refractivity contribution in [3.05, 3.63) is 24.3 Å². The molecule has 2 rings (SSSR count). The Kier molecular flexibility index (Phi) is 2.47. The third kappa shape index (κ3) is 1.81. The van der Waals surface area contributed by atoms with Gasteiger partial charge in [0, 0.05) is 12.2 Å². The number of aromatic carboxylic acids is 1. The van der Waals surface area contributed by atoms with E-state index in [-0.39, 0.29) is 11.7 Å². The second-order valence-corrected chi connectivity index (χ2v) is 3.75. The molecule has 0 saturated carbocycles. The Balaban J connectivity index is 2.31. The highest BCUT2D eigenvalue weighted by atomic mass is 16.4. The molecular weight excluding hydrogens is 208 g/mol. The van der Waals surface area contributed by atoms with Crippen molar-refractivity contribution in [2.45, 2.75) is 19.9 Å². The van der Waals surface area contributed by atoms with Gasteiger partial charge in [-0.2, -0.15) is 5.10 Å². The molecule has 0 aliphatic rings. The maximum atomic E-state index is 10.7. The average molecular weight is 220 g/mol. The normalized spacial score (nSPS) is 10.9. The SMILES string of the molecule is CC(C)n1cc(-c2ncc(C(=O)O)[nH]2)cn1. The van der Waals surface area contributed by atoms with Crippen molar-refractivity contribution in [3.63, 3.8) is 0 Å². The van der Waals surface area contributed by atoms with Crippen LogP contribution in [0, 0.1) is 0 Å². The summed E-state index contributed by atoms with van der Waals surface area (Å²) in [5.74, 6) is -0.501. The van der Waals surface area contributed by atoms with E-state index in [1.54, 1.807) is 10.9 Å². The summed E-state index contributed by atoms with van der Waals surface area (Å²) in [6, 6.07) is 0.266. The molecule has 0 fully saturated rings. The highest BCUT2D eigenvalue weighted by molar-refractivity contribution is 5.85. The van der Waals surface area contributed by atoms with Crippen molar-refractivity contribution in [1.82, 2.24) is 19.7 Å². The lowest BCUT2D eigenvalue weighted by atomic mass is 10.3. The van der Waals surface area contributed by atoms with Gasteiger partial charge in [0.2, 0.25) is 0 Å². The first-order chi connectivity index (χ1) is 7.58. The van der Waals surface area contributed by atoms with Crippen molar-refractivity contribution in [2.24, 2.45) is 0 Å². The molecule has 0 saturated heterocycles. The summed E-state index contributed by atoms with van der Waals surface area (Å²) >= 11 is 0. The number of rotatable bonds is 3. The van der Waals surface area contributed by atoms with Crippen LogP contribution in [0.1, 0.15) is 30.4 Å². The largest absolute Gasteiger partial charge is 0.477 e. The smallest absolute Gasteiger partial charge is 0.353 e. The molecule has 6 heteroatoms. The molecule has 16 heavy (non-hydrogen) atoms. The number of imidazole rings is 1. The maximum Gasteiger partial charge on any atom is 0.353 e. The van der Waals surface area contributed by atoms with Crippen molar-refractivity contribution >= 4 is 5.97 Å². The molecule has 2 aromatic rings. The molecule has 0 bridgehead atoms. The highest BCUT2D eigenvalue weighted by Crippen LogP contribution is 2.16. The predicted octanol–water partition coefficient (Wildman–Crippen LogP) is 1.55. The van der Waals surface area contributed by atoms with E-state index in [2.05, 4.69) is 15.1 Å². The number of aromatic nitrogens is 4. The Morgan fingerprint density at radius 3 is 2.75 bits per heavy atom. The van der Waals surface area contributed by atoms with Crippen LogP contribution < -0.4 is 0 Å². The fourth-order valence-corrected chi connectivity index (χ4v) is 1.32. The van der Waals surface area contributed by atoms with Gasteiger partial charge in [-0.1, -0.05) is 0 Å². The van der Waals surface area contributed by atoms with Crippen LogP contribution in [0.25, 0.3) is 11.4 Å². The minimum atomic E-state index is -1.02. The minimum absolute atomic E-state index is 0.0762. The summed E-state index contributed by atoms with van der Waals surface area (Å²) in [6.07, 6.45) is 4.78. The van der Waals surface area contributed by atoms with Gasteiger partial charge in [-0.3, -0.25) is 4.68 Å². The van der Waals surface area contributed by atoms with E-state index in [0.717, 1.165) is 5.56 Å². The summed E-state index contributed by atoms with van der Waals surface area (Å²) in [6.45, 7) is 4.03. The Hall–Kier alpha value is -2.11. The summed E-state index contributed by atoms with van der Waals surface area (Å²) in [7, 11) is 0. The van der Waals surface area contributed by atoms with Gasteiger partial charge in [-0.15, -0.1) is 0 Å². The molecule has 0 aliphatic heterocycles. The molecule has 84 valence electrons. The number of carboxylic acids is 1. The number of H-pyrrole nitrogens is 1. The zero-order chi connectivity index (χ0) is 11.7. The quantitative estimate of drug-likeness (QED) is 0.822. The highest BCUT2D eigenvalue weighted by Gasteiger charge is 2.10. The van der Waals surface area contributed by atoms with Gasteiger partial charge in [0.25, 0.3) is 0 Å². The van der Waals surface area contributed by atoms with Crippen LogP contribution in [0.3, 0.4) is 0 Å². The summed E-state index contributed by atoms with van der Waals surface area (Å²) in [5.41, 5.74) is 0.855. The Labute approximate surface area is 91.9 Å². The lowest BCUT2D eigenvalue weighted by Gasteiger charge is -2.02. The second kappa shape index (κ2) is 3.80. The van der Waals surface area contributed by atoms with Crippen molar-refractivity contribution in [2.75, 3.05) is 0 Å². The van der Waals surface area contributed by atoms with Crippen LogP contribution in [0.5, 0.6) is 0 Å². The van der Waals surface area contributed by atoms with E-state index in [0.29, 0.717) is 5.82 Å². The van der Waals surface area contributed by atoms with Crippen LogP contribution in [-0.2, 0) is 0 Å². The number of hydrogen-bond acceptors (Lipinski definition) is 3. The molecule has 0 radical (unpaired) electrons. The number of nitrogens with zero attached hydrogens (tertiary/aromatic N) is 3. The molecule has 0 atom stereocenters. The first-order valence-electron chi connectivity index (χ1n) is 4.90. The first kappa shape index (κ1) is 10.4. The van der Waals surface area contributed by atoms with Crippen LogP contribution in [0.15, 0.2) is 18.6 Å². The summed E-state index contributed by atoms with van der Waals surface area (Å²) in [5, 5.41) is 12.9. The number of carboxylic acid groups (broad SMARTS) is 1. The fraction of sp³-hybridized carbons (Fsp3) is 0.300. The predicted molar refractivity (Wildman–Crippen MR) is 57.2 cm³/mol. The number of hydrogen-bond donors (Lipinski definition) is 2. The lowest BCUT2D eigenvalue weighted by molar-refractivity contribution is 0.0691. The van der Waals surface area contributed by atoms with Crippen LogP contribution in [0.2, 0.25) is 0 Å². The summed E-state index contributed by atoms with van der Waals surface area (Å²) < 4.78 is 1.79. The van der Waals surface area contributed by atoms with Gasteiger partial charge in [-0.25, -0.2) is 9.78 Å². The number of aromatic amines is 1. The fourth-order valence-electron chi connectivity index (χ4n) is 1.32. The van der Waals surface area contributed by atoms with Gasteiger partial charge < -0.3 is 10.1 Å². The molecule has 0 aliphatic carbocycles. The van der Waals surface area contributed by atoms with E-state index in [9.17, 15) is 4.79 Å². The van der Waals surface area contributed by atoms with E-state index < -0.39 is 5.97 Å². The molecule has 6 nitrogen and oxygen atoms in total. The van der Waals surface area contributed by atoms with Crippen molar-refractivity contribution in [1.29, 1.82) is 0 Å². The first-order valence-corrected chi connectivity index (χ1v) is 4.90. The van der Waals surface area contributed by atoms with Crippen LogP contribution in [-0.4, -0.2) is 30.8 Å². The molecule has 0 unspecified atom stereocenters. The third-order valence-corrected chi connectivity index (χ3v) is 2.21. The third-order valence-electron chi connectivity index (χ3n) is 2.21. The molecule has 0 spiro atoms. The van der Waals surface area contributed by atoms with Gasteiger partial charge in [0.05, 0.1) is 18.0 Å². The van der Waals surface area contributed by atoms with Crippen molar-refractivity contribution < 1.29 is 9.90 Å². The standard InChI is InChI=1S/C10H12N4O2/c1-6(2)14-5-7(3-12-14)9-11-4-8(13-9)10(15)16/h3-6H,1-2H3,(H,11,13)(H,15,16). The van der Waals surface area contributed by atoms with Crippen LogP contribution >= 0.6 is 0 Å². The average Bonchev–Trinajstić information content (AvgIpc) is 2.86. The topological polar surface area (TPSA) is 83.8 Å². The van der Waals surface area contributed by atoms with Gasteiger partial charge in [0.1, 0.15) is 11.5 Å². The number of carbonyl (C=O) groups is 1.